The zero-order chi connectivity index (χ0) is 16.8. The molecule has 0 unspecified atom stereocenters. The molecule has 5 nitrogen and oxygen atoms in total. The van der Waals surface area contributed by atoms with E-state index in [0.717, 1.165) is 12.3 Å². The fourth-order valence-electron chi connectivity index (χ4n) is 3.20. The van der Waals surface area contributed by atoms with Crippen LogP contribution >= 0.6 is 39.0 Å². The number of fused-ring (bicyclic) bond motifs is 1. The normalized spacial score (nSPS) is 18.4. The van der Waals surface area contributed by atoms with Gasteiger partial charge in [-0.25, -0.2) is 0 Å². The molecule has 0 radical (unpaired) electrons. The molecule has 1 fully saturated rings. The highest BCUT2D eigenvalue weighted by molar-refractivity contribution is 9.10. The third-order valence-electron chi connectivity index (χ3n) is 4.61. The van der Waals surface area contributed by atoms with Crippen molar-refractivity contribution in [2.24, 2.45) is 0 Å². The zero-order valence-electron chi connectivity index (χ0n) is 13.3. The molecule has 1 saturated carbocycles. The Morgan fingerprint density at radius 3 is 2.71 bits per heavy atom. The van der Waals surface area contributed by atoms with Crippen LogP contribution in [0.15, 0.2) is 9.89 Å². The van der Waals surface area contributed by atoms with Gasteiger partial charge in [0.15, 0.2) is 5.16 Å². The number of nitrogens with zero attached hydrogens (tertiary/aromatic N) is 3. The molecule has 0 aromatic carbocycles. The number of carboxylic acid groups (broad SMARTS) is 1. The molecule has 0 aliphatic heterocycles. The third-order valence-corrected chi connectivity index (χ3v) is 7.57. The lowest BCUT2D eigenvalue weighted by Crippen LogP contribution is -2.13. The van der Waals surface area contributed by atoms with Crippen molar-refractivity contribution in [3.63, 3.8) is 0 Å². The molecular formula is C16H18BrN3O2S2. The van der Waals surface area contributed by atoms with Crippen molar-refractivity contribution in [2.75, 3.05) is 0 Å². The van der Waals surface area contributed by atoms with Crippen molar-refractivity contribution < 1.29 is 9.90 Å². The Morgan fingerprint density at radius 1 is 1.33 bits per heavy atom. The highest BCUT2D eigenvalue weighted by Crippen LogP contribution is 2.50. The van der Waals surface area contributed by atoms with Crippen LogP contribution in [0.25, 0.3) is 5.00 Å². The van der Waals surface area contributed by atoms with Crippen LogP contribution in [-0.4, -0.2) is 31.1 Å². The molecule has 8 heteroatoms. The van der Waals surface area contributed by atoms with Crippen molar-refractivity contribution in [1.82, 2.24) is 14.8 Å². The fraction of sp³-hybridized carbons (Fsp3) is 0.562. The van der Waals surface area contributed by atoms with Crippen molar-refractivity contribution >= 4 is 45.0 Å². The Labute approximate surface area is 157 Å². The maximum atomic E-state index is 11.2. The first-order chi connectivity index (χ1) is 11.6. The van der Waals surface area contributed by atoms with Gasteiger partial charge >= 0.3 is 5.97 Å². The standard InChI is InChI=1S/C16H18BrN3O2S2/c1-8(14(21)22)23-16-19-18-15(17)20(16)13-11-5-3-2-4-10(11)12(24-13)9-6-7-9/h8-9H,2-7H2,1H3,(H,21,22)/t8-/m1/s1. The Bertz CT molecular complexity index is 798. The summed E-state index contributed by atoms with van der Waals surface area (Å²) in [5.74, 6) is -0.0996. The first-order valence-electron chi connectivity index (χ1n) is 8.21. The minimum atomic E-state index is -0.836. The highest BCUT2D eigenvalue weighted by atomic mass is 79.9. The Morgan fingerprint density at radius 2 is 2.04 bits per heavy atom. The van der Waals surface area contributed by atoms with Gasteiger partial charge in [-0.1, -0.05) is 11.8 Å². The van der Waals surface area contributed by atoms with Crippen molar-refractivity contribution in [1.29, 1.82) is 0 Å². The predicted molar refractivity (Wildman–Crippen MR) is 98.5 cm³/mol. The molecule has 2 aromatic heterocycles. The second kappa shape index (κ2) is 6.46. The summed E-state index contributed by atoms with van der Waals surface area (Å²) in [6, 6.07) is 0. The summed E-state index contributed by atoms with van der Waals surface area (Å²) in [4.78, 5) is 12.7. The number of halogens is 1. The second-order valence-corrected chi connectivity index (χ2v) is 9.44. The van der Waals surface area contributed by atoms with Gasteiger partial charge in [0.1, 0.15) is 10.3 Å². The lowest BCUT2D eigenvalue weighted by atomic mass is 9.92. The van der Waals surface area contributed by atoms with Gasteiger partial charge < -0.3 is 5.11 Å². The summed E-state index contributed by atoms with van der Waals surface area (Å²) in [7, 11) is 0. The molecule has 1 N–H and O–H groups in total. The van der Waals surface area contributed by atoms with E-state index in [2.05, 4.69) is 26.1 Å². The maximum absolute atomic E-state index is 11.2. The van der Waals surface area contributed by atoms with Gasteiger partial charge in [0.25, 0.3) is 0 Å². The summed E-state index contributed by atoms with van der Waals surface area (Å²) in [5.41, 5.74) is 2.98. The Kier molecular flexibility index (Phi) is 4.47. The predicted octanol–water partition coefficient (Wildman–Crippen LogP) is 4.41. The molecule has 2 aliphatic carbocycles. The molecule has 2 aliphatic rings. The van der Waals surface area contributed by atoms with Crippen molar-refractivity contribution in [3.8, 4) is 5.00 Å². The number of carbonyl (C=O) groups is 1. The number of carboxylic acids is 1. The van der Waals surface area contributed by atoms with Crippen LogP contribution in [0.4, 0.5) is 0 Å². The summed E-state index contributed by atoms with van der Waals surface area (Å²) in [6.45, 7) is 1.68. The van der Waals surface area contributed by atoms with Gasteiger partial charge in [0, 0.05) is 4.88 Å². The quantitative estimate of drug-likeness (QED) is 0.715. The van der Waals surface area contributed by atoms with Gasteiger partial charge in [-0.05, 0) is 78.4 Å². The number of aromatic nitrogens is 3. The Balaban J connectivity index is 1.79. The van der Waals surface area contributed by atoms with E-state index < -0.39 is 11.2 Å². The molecule has 4 rings (SSSR count). The minimum absolute atomic E-state index is 0.557. The molecule has 2 aromatic rings. The van der Waals surface area contributed by atoms with Gasteiger partial charge in [-0.15, -0.1) is 21.5 Å². The van der Waals surface area contributed by atoms with E-state index in [1.165, 1.54) is 54.4 Å². The number of rotatable bonds is 5. The lowest BCUT2D eigenvalue weighted by Gasteiger charge is -2.15. The van der Waals surface area contributed by atoms with E-state index in [1.807, 2.05) is 15.9 Å². The van der Waals surface area contributed by atoms with Crippen molar-refractivity contribution in [2.45, 2.75) is 61.8 Å². The fourth-order valence-corrected chi connectivity index (χ4v) is 6.28. The molecule has 2 heterocycles. The molecule has 0 spiro atoms. The smallest absolute Gasteiger partial charge is 0.316 e. The maximum Gasteiger partial charge on any atom is 0.316 e. The van der Waals surface area contributed by atoms with Crippen molar-refractivity contribution in [3.05, 3.63) is 20.7 Å². The number of hydrogen-bond donors (Lipinski definition) is 1. The summed E-state index contributed by atoms with van der Waals surface area (Å²) in [6.07, 6.45) is 7.35. The number of thioether (sulfide) groups is 1. The van der Waals surface area contributed by atoms with Crippen LogP contribution in [0.3, 0.4) is 0 Å². The summed E-state index contributed by atoms with van der Waals surface area (Å²) >= 11 is 6.61. The van der Waals surface area contributed by atoms with E-state index >= 15 is 0 Å². The minimum Gasteiger partial charge on any atom is -0.480 e. The van der Waals surface area contributed by atoms with Crippen LogP contribution < -0.4 is 0 Å². The van der Waals surface area contributed by atoms with Gasteiger partial charge in [0.2, 0.25) is 4.73 Å². The van der Waals surface area contributed by atoms with Gasteiger partial charge in [-0.2, -0.15) is 0 Å². The average Bonchev–Trinajstić information content (AvgIpc) is 3.26. The SMILES string of the molecule is C[C@@H](Sc1nnc(Br)n1-c1sc(C2CC2)c2c1CCCC2)C(=O)O. The third kappa shape index (κ3) is 2.93. The number of aliphatic carboxylic acids is 1. The van der Waals surface area contributed by atoms with E-state index in [1.54, 1.807) is 17.4 Å². The van der Waals surface area contributed by atoms with E-state index in [4.69, 9.17) is 0 Å². The molecule has 1 atom stereocenters. The zero-order valence-corrected chi connectivity index (χ0v) is 16.5. The van der Waals surface area contributed by atoms with Crippen LogP contribution in [0.2, 0.25) is 0 Å². The monoisotopic (exact) mass is 427 g/mol. The van der Waals surface area contributed by atoms with Gasteiger partial charge in [-0.3, -0.25) is 9.36 Å². The highest BCUT2D eigenvalue weighted by Gasteiger charge is 2.33. The topological polar surface area (TPSA) is 68.0 Å². The van der Waals surface area contributed by atoms with Crippen LogP contribution in [-0.2, 0) is 17.6 Å². The first kappa shape index (κ1) is 16.6. The average molecular weight is 428 g/mol. The summed E-state index contributed by atoms with van der Waals surface area (Å²) in [5, 5.41) is 18.8. The summed E-state index contributed by atoms with van der Waals surface area (Å²) < 4.78 is 2.66. The van der Waals surface area contributed by atoms with Crippen LogP contribution in [0.5, 0.6) is 0 Å². The molecule has 0 saturated heterocycles. The van der Waals surface area contributed by atoms with Crippen LogP contribution in [0, 0.1) is 0 Å². The first-order valence-corrected chi connectivity index (χ1v) is 10.7. The van der Waals surface area contributed by atoms with E-state index in [9.17, 15) is 9.90 Å². The Hall–Kier alpha value is -0.860. The molecule has 0 amide bonds. The molecule has 0 bridgehead atoms. The molecule has 24 heavy (non-hydrogen) atoms. The lowest BCUT2D eigenvalue weighted by molar-refractivity contribution is -0.136. The second-order valence-electron chi connectivity index (χ2n) is 6.40. The molecule has 128 valence electrons. The molecular weight excluding hydrogens is 410 g/mol. The van der Waals surface area contributed by atoms with E-state index in [0.29, 0.717) is 9.89 Å². The van der Waals surface area contributed by atoms with Crippen LogP contribution in [0.1, 0.15) is 54.5 Å². The number of hydrogen-bond acceptors (Lipinski definition) is 5. The largest absolute Gasteiger partial charge is 0.480 e. The number of thiophene rings is 1. The van der Waals surface area contributed by atoms with Gasteiger partial charge in [0.05, 0.1) is 0 Å². The van der Waals surface area contributed by atoms with E-state index in [-0.39, 0.29) is 0 Å².